The van der Waals surface area contributed by atoms with Gasteiger partial charge in [-0.05, 0) is 19.1 Å². The van der Waals surface area contributed by atoms with Gasteiger partial charge < -0.3 is 10.8 Å². The first kappa shape index (κ1) is 7.28. The van der Waals surface area contributed by atoms with Crippen LogP contribution >= 0.6 is 12.6 Å². The van der Waals surface area contributed by atoms with Crippen LogP contribution in [0, 0.1) is 6.92 Å². The van der Waals surface area contributed by atoms with E-state index in [9.17, 15) is 5.11 Å². The van der Waals surface area contributed by atoms with E-state index in [0.29, 0.717) is 5.69 Å². The molecule has 0 bridgehead atoms. The number of thiol groups is 1. The molecular formula is C7H9NOS. The zero-order valence-corrected chi connectivity index (χ0v) is 6.52. The van der Waals surface area contributed by atoms with Crippen LogP contribution < -0.4 is 5.73 Å². The first-order valence-electron chi connectivity index (χ1n) is 2.90. The Bertz CT molecular complexity index is 233. The smallest absolute Gasteiger partial charge is 0.142 e. The lowest BCUT2D eigenvalue weighted by atomic mass is 10.2. The highest BCUT2D eigenvalue weighted by Gasteiger charge is 2.02. The first-order valence-corrected chi connectivity index (χ1v) is 3.34. The van der Waals surface area contributed by atoms with E-state index in [0.717, 1.165) is 10.5 Å². The molecule has 0 saturated heterocycles. The van der Waals surface area contributed by atoms with Crippen LogP contribution in [0.3, 0.4) is 0 Å². The highest BCUT2D eigenvalue weighted by Crippen LogP contribution is 2.28. The molecule has 1 aromatic carbocycles. The van der Waals surface area contributed by atoms with Crippen molar-refractivity contribution in [3.05, 3.63) is 17.7 Å². The van der Waals surface area contributed by atoms with E-state index in [2.05, 4.69) is 12.6 Å². The molecule has 0 aromatic heterocycles. The maximum atomic E-state index is 9.21. The van der Waals surface area contributed by atoms with Gasteiger partial charge >= 0.3 is 0 Å². The Morgan fingerprint density at radius 3 is 2.60 bits per heavy atom. The molecule has 0 unspecified atom stereocenters. The van der Waals surface area contributed by atoms with Crippen molar-refractivity contribution < 1.29 is 5.11 Å². The Hall–Kier alpha value is -0.830. The van der Waals surface area contributed by atoms with E-state index in [1.807, 2.05) is 0 Å². The van der Waals surface area contributed by atoms with Crippen molar-refractivity contribution in [2.75, 3.05) is 5.73 Å². The standard InChI is InChI=1S/C7H9NOS/c1-4-6(10)3-2-5(8)7(4)9/h2-3,9-10H,8H2,1H3. The maximum Gasteiger partial charge on any atom is 0.142 e. The van der Waals surface area contributed by atoms with Gasteiger partial charge in [0.1, 0.15) is 5.75 Å². The van der Waals surface area contributed by atoms with Crippen LogP contribution in [0.5, 0.6) is 5.75 Å². The molecule has 54 valence electrons. The molecule has 0 atom stereocenters. The predicted octanol–water partition coefficient (Wildman–Crippen LogP) is 1.57. The average molecular weight is 155 g/mol. The number of nitrogens with two attached hydrogens (primary N) is 1. The van der Waals surface area contributed by atoms with Gasteiger partial charge in [0, 0.05) is 10.5 Å². The Balaban J connectivity index is 3.34. The summed E-state index contributed by atoms with van der Waals surface area (Å²) in [6.07, 6.45) is 0. The van der Waals surface area contributed by atoms with Gasteiger partial charge in [-0.15, -0.1) is 12.6 Å². The SMILES string of the molecule is Cc1c(S)ccc(N)c1O. The van der Waals surface area contributed by atoms with Gasteiger partial charge in [0.05, 0.1) is 5.69 Å². The molecule has 0 aliphatic rings. The third-order valence-corrected chi connectivity index (χ3v) is 1.92. The number of nitrogen functional groups attached to an aromatic ring is 1. The topological polar surface area (TPSA) is 46.2 Å². The molecule has 2 nitrogen and oxygen atoms in total. The minimum absolute atomic E-state index is 0.132. The zero-order chi connectivity index (χ0) is 7.72. The molecule has 0 aliphatic carbocycles. The number of hydrogen-bond acceptors (Lipinski definition) is 3. The van der Waals surface area contributed by atoms with Crippen LogP contribution in [0.1, 0.15) is 5.56 Å². The molecule has 0 heterocycles. The second-order valence-electron chi connectivity index (χ2n) is 2.15. The number of hydrogen-bond donors (Lipinski definition) is 3. The van der Waals surface area contributed by atoms with Gasteiger partial charge in [0.2, 0.25) is 0 Å². The summed E-state index contributed by atoms with van der Waals surface area (Å²) in [5.41, 5.74) is 6.53. The molecule has 0 aliphatic heterocycles. The third-order valence-electron chi connectivity index (χ3n) is 1.43. The highest BCUT2D eigenvalue weighted by atomic mass is 32.1. The Morgan fingerprint density at radius 2 is 2.10 bits per heavy atom. The minimum Gasteiger partial charge on any atom is -0.505 e. The fraction of sp³-hybridized carbons (Fsp3) is 0.143. The molecule has 1 aromatic rings. The van der Waals surface area contributed by atoms with Crippen molar-refractivity contribution in [1.29, 1.82) is 0 Å². The van der Waals surface area contributed by atoms with E-state index >= 15 is 0 Å². The van der Waals surface area contributed by atoms with Gasteiger partial charge in [-0.1, -0.05) is 0 Å². The Kier molecular flexibility index (Phi) is 1.76. The lowest BCUT2D eigenvalue weighted by Crippen LogP contribution is -1.87. The fourth-order valence-electron chi connectivity index (χ4n) is 0.710. The number of benzene rings is 1. The van der Waals surface area contributed by atoms with Gasteiger partial charge in [0.25, 0.3) is 0 Å². The van der Waals surface area contributed by atoms with E-state index in [-0.39, 0.29) is 5.75 Å². The largest absolute Gasteiger partial charge is 0.505 e. The molecule has 0 fully saturated rings. The van der Waals surface area contributed by atoms with Crippen molar-refractivity contribution in [2.24, 2.45) is 0 Å². The molecular weight excluding hydrogens is 146 g/mol. The lowest BCUT2D eigenvalue weighted by Gasteiger charge is -2.03. The number of rotatable bonds is 0. The van der Waals surface area contributed by atoms with E-state index in [4.69, 9.17) is 5.73 Å². The second-order valence-corrected chi connectivity index (χ2v) is 2.63. The summed E-state index contributed by atoms with van der Waals surface area (Å²) < 4.78 is 0. The summed E-state index contributed by atoms with van der Waals surface area (Å²) in [5.74, 6) is 0.132. The molecule has 0 saturated carbocycles. The van der Waals surface area contributed by atoms with Gasteiger partial charge in [-0.3, -0.25) is 0 Å². The number of phenolic OH excluding ortho intramolecular Hbond substituents is 1. The average Bonchev–Trinajstić information content (AvgIpc) is 1.93. The van der Waals surface area contributed by atoms with Crippen molar-refractivity contribution in [1.82, 2.24) is 0 Å². The molecule has 1 rings (SSSR count). The minimum atomic E-state index is 0.132. The highest BCUT2D eigenvalue weighted by molar-refractivity contribution is 7.80. The normalized spacial score (nSPS) is 9.80. The van der Waals surface area contributed by atoms with Gasteiger partial charge in [-0.2, -0.15) is 0 Å². The molecule has 0 radical (unpaired) electrons. The van der Waals surface area contributed by atoms with Crippen molar-refractivity contribution in [3.8, 4) is 5.75 Å². The molecule has 3 heteroatoms. The van der Waals surface area contributed by atoms with Crippen LogP contribution in [0.25, 0.3) is 0 Å². The first-order chi connectivity index (χ1) is 4.63. The van der Waals surface area contributed by atoms with Crippen LogP contribution in [-0.2, 0) is 0 Å². The third kappa shape index (κ3) is 1.04. The Labute approximate surface area is 65.1 Å². The summed E-state index contributed by atoms with van der Waals surface area (Å²) in [7, 11) is 0. The second kappa shape index (κ2) is 2.42. The summed E-state index contributed by atoms with van der Waals surface area (Å²) in [6, 6.07) is 3.39. The Morgan fingerprint density at radius 1 is 1.50 bits per heavy atom. The summed E-state index contributed by atoms with van der Waals surface area (Å²) >= 11 is 4.10. The monoisotopic (exact) mass is 155 g/mol. The summed E-state index contributed by atoms with van der Waals surface area (Å²) in [4.78, 5) is 0.756. The lowest BCUT2D eigenvalue weighted by molar-refractivity contribution is 0.472. The van der Waals surface area contributed by atoms with E-state index in [1.165, 1.54) is 0 Å². The summed E-state index contributed by atoms with van der Waals surface area (Å²) in [5, 5.41) is 9.21. The van der Waals surface area contributed by atoms with Crippen LogP contribution in [0.15, 0.2) is 17.0 Å². The van der Waals surface area contributed by atoms with Crippen LogP contribution in [-0.4, -0.2) is 5.11 Å². The van der Waals surface area contributed by atoms with Crippen molar-refractivity contribution in [2.45, 2.75) is 11.8 Å². The van der Waals surface area contributed by atoms with Gasteiger partial charge in [0.15, 0.2) is 0 Å². The quantitative estimate of drug-likeness (QED) is 0.302. The van der Waals surface area contributed by atoms with E-state index < -0.39 is 0 Å². The van der Waals surface area contributed by atoms with Crippen molar-refractivity contribution in [3.63, 3.8) is 0 Å². The van der Waals surface area contributed by atoms with E-state index in [1.54, 1.807) is 19.1 Å². The molecule has 0 amide bonds. The number of anilines is 1. The molecule has 10 heavy (non-hydrogen) atoms. The predicted molar refractivity (Wildman–Crippen MR) is 44.5 cm³/mol. The fourth-order valence-corrected chi connectivity index (χ4v) is 0.891. The van der Waals surface area contributed by atoms with Crippen molar-refractivity contribution >= 4 is 18.3 Å². The summed E-state index contributed by atoms with van der Waals surface area (Å²) in [6.45, 7) is 1.77. The molecule has 0 spiro atoms. The van der Waals surface area contributed by atoms with Crippen LogP contribution in [0.2, 0.25) is 0 Å². The number of phenols is 1. The maximum absolute atomic E-state index is 9.21. The van der Waals surface area contributed by atoms with Crippen LogP contribution in [0.4, 0.5) is 5.69 Å². The van der Waals surface area contributed by atoms with Gasteiger partial charge in [-0.25, -0.2) is 0 Å². The molecule has 3 N–H and O–H groups in total. The number of aromatic hydroxyl groups is 1. The zero-order valence-electron chi connectivity index (χ0n) is 5.63.